The number of benzene rings is 1. The molecule has 0 bridgehead atoms. The van der Waals surface area contributed by atoms with Gasteiger partial charge in [-0.15, -0.1) is 0 Å². The number of hydrogen-bond donors (Lipinski definition) is 2. The summed E-state index contributed by atoms with van der Waals surface area (Å²) in [7, 11) is 0. The molecule has 1 aromatic carbocycles. The van der Waals surface area contributed by atoms with Crippen molar-refractivity contribution in [2.24, 2.45) is 0 Å². The van der Waals surface area contributed by atoms with Gasteiger partial charge >= 0.3 is 0 Å². The molecule has 1 atom stereocenters. The van der Waals surface area contributed by atoms with Crippen molar-refractivity contribution in [3.8, 4) is 11.3 Å². The Kier molecular flexibility index (Phi) is 4.68. The molecule has 0 saturated heterocycles. The highest BCUT2D eigenvalue weighted by Crippen LogP contribution is 2.27. The fourth-order valence-corrected chi connectivity index (χ4v) is 1.94. The third kappa shape index (κ3) is 3.32. The number of aromatic amines is 1. The first-order chi connectivity index (χ1) is 9.51. The first kappa shape index (κ1) is 14.9. The molecule has 1 unspecified atom stereocenters. The summed E-state index contributed by atoms with van der Waals surface area (Å²) in [5, 5.41) is 10.7. The van der Waals surface area contributed by atoms with Crippen LogP contribution in [-0.2, 0) is 0 Å². The zero-order chi connectivity index (χ0) is 14.7. The number of rotatable bonds is 4. The number of hydrogen-bond acceptors (Lipinski definition) is 2. The van der Waals surface area contributed by atoms with Crippen LogP contribution in [-0.4, -0.2) is 22.1 Å². The molecule has 0 fully saturated rings. The van der Waals surface area contributed by atoms with Gasteiger partial charge in [0.1, 0.15) is 5.69 Å². The standard InChI is InChI=1S/C14H15Cl2N3O/c1-3-8(2)17-14(20)13-7-12(18-19-13)9-4-5-10(15)11(16)6-9/h4-8H,3H2,1-2H3,(H,17,20)(H,18,19). The number of H-pyrrole nitrogens is 1. The van der Waals surface area contributed by atoms with Crippen LogP contribution in [0.1, 0.15) is 30.8 Å². The molecule has 6 heteroatoms. The Morgan fingerprint density at radius 3 is 2.75 bits per heavy atom. The van der Waals surface area contributed by atoms with E-state index in [1.807, 2.05) is 13.8 Å². The quantitative estimate of drug-likeness (QED) is 0.899. The molecule has 1 heterocycles. The van der Waals surface area contributed by atoms with Gasteiger partial charge in [0.2, 0.25) is 0 Å². The summed E-state index contributed by atoms with van der Waals surface area (Å²) < 4.78 is 0. The fourth-order valence-electron chi connectivity index (χ4n) is 1.64. The largest absolute Gasteiger partial charge is 0.348 e. The average molecular weight is 312 g/mol. The number of nitrogens with one attached hydrogen (secondary N) is 2. The molecule has 106 valence electrons. The molecule has 0 radical (unpaired) electrons. The van der Waals surface area contributed by atoms with Crippen LogP contribution in [0.4, 0.5) is 0 Å². The molecular formula is C14H15Cl2N3O. The molecule has 0 aliphatic rings. The van der Waals surface area contributed by atoms with Crippen molar-refractivity contribution in [1.29, 1.82) is 0 Å². The van der Waals surface area contributed by atoms with E-state index in [1.54, 1.807) is 24.3 Å². The average Bonchev–Trinajstić information content (AvgIpc) is 2.91. The third-order valence-corrected chi connectivity index (χ3v) is 3.77. The Morgan fingerprint density at radius 2 is 2.10 bits per heavy atom. The SMILES string of the molecule is CCC(C)NC(=O)c1cc(-c2ccc(Cl)c(Cl)c2)n[nH]1. The van der Waals surface area contributed by atoms with E-state index in [1.165, 1.54) is 0 Å². The number of carbonyl (C=O) groups excluding carboxylic acids is 1. The smallest absolute Gasteiger partial charge is 0.269 e. The second kappa shape index (κ2) is 6.29. The molecule has 2 aromatic rings. The van der Waals surface area contributed by atoms with Crippen LogP contribution in [0.25, 0.3) is 11.3 Å². The minimum atomic E-state index is -0.168. The maximum atomic E-state index is 12.0. The van der Waals surface area contributed by atoms with Gasteiger partial charge in [-0.25, -0.2) is 0 Å². The van der Waals surface area contributed by atoms with Crippen molar-refractivity contribution in [1.82, 2.24) is 15.5 Å². The highest BCUT2D eigenvalue weighted by atomic mass is 35.5. The topological polar surface area (TPSA) is 57.8 Å². The zero-order valence-corrected chi connectivity index (χ0v) is 12.7. The predicted octanol–water partition coefficient (Wildman–Crippen LogP) is 3.91. The first-order valence-electron chi connectivity index (χ1n) is 6.33. The van der Waals surface area contributed by atoms with Crippen molar-refractivity contribution in [2.45, 2.75) is 26.3 Å². The van der Waals surface area contributed by atoms with Gasteiger partial charge in [0.15, 0.2) is 0 Å². The van der Waals surface area contributed by atoms with Crippen LogP contribution in [0.3, 0.4) is 0 Å². The van der Waals surface area contributed by atoms with E-state index in [0.717, 1.165) is 12.0 Å². The number of amides is 1. The molecule has 0 spiro atoms. The lowest BCUT2D eigenvalue weighted by atomic mass is 10.1. The van der Waals surface area contributed by atoms with E-state index in [-0.39, 0.29) is 11.9 Å². The number of halogens is 2. The van der Waals surface area contributed by atoms with Crippen LogP contribution < -0.4 is 5.32 Å². The van der Waals surface area contributed by atoms with Gasteiger partial charge in [-0.1, -0.05) is 36.2 Å². The normalized spacial score (nSPS) is 12.2. The number of aromatic nitrogens is 2. The molecule has 2 N–H and O–H groups in total. The van der Waals surface area contributed by atoms with Gasteiger partial charge in [-0.2, -0.15) is 5.10 Å². The predicted molar refractivity (Wildman–Crippen MR) is 81.3 cm³/mol. The summed E-state index contributed by atoms with van der Waals surface area (Å²) in [6, 6.07) is 7.04. The number of nitrogens with zero attached hydrogens (tertiary/aromatic N) is 1. The molecule has 0 aliphatic carbocycles. The first-order valence-corrected chi connectivity index (χ1v) is 7.08. The van der Waals surface area contributed by atoms with Gasteiger partial charge < -0.3 is 5.32 Å². The lowest BCUT2D eigenvalue weighted by Crippen LogP contribution is -2.32. The van der Waals surface area contributed by atoms with Gasteiger partial charge in [0.05, 0.1) is 15.7 Å². The van der Waals surface area contributed by atoms with Crippen LogP contribution in [0.15, 0.2) is 24.3 Å². The van der Waals surface area contributed by atoms with Crippen molar-refractivity contribution in [2.75, 3.05) is 0 Å². The summed E-state index contributed by atoms with van der Waals surface area (Å²) in [6.45, 7) is 3.97. The lowest BCUT2D eigenvalue weighted by molar-refractivity contribution is 0.0934. The maximum Gasteiger partial charge on any atom is 0.269 e. The van der Waals surface area contributed by atoms with Gasteiger partial charge in [-0.05, 0) is 31.5 Å². The Labute approximate surface area is 127 Å². The second-order valence-electron chi connectivity index (χ2n) is 4.58. The van der Waals surface area contributed by atoms with E-state index >= 15 is 0 Å². The lowest BCUT2D eigenvalue weighted by Gasteiger charge is -2.09. The van der Waals surface area contributed by atoms with Gasteiger partial charge in [0, 0.05) is 11.6 Å². The molecule has 0 saturated carbocycles. The molecule has 1 aromatic heterocycles. The van der Waals surface area contributed by atoms with Gasteiger partial charge in [-0.3, -0.25) is 9.89 Å². The second-order valence-corrected chi connectivity index (χ2v) is 5.39. The Morgan fingerprint density at radius 1 is 1.35 bits per heavy atom. The zero-order valence-electron chi connectivity index (χ0n) is 11.2. The third-order valence-electron chi connectivity index (χ3n) is 3.03. The summed E-state index contributed by atoms with van der Waals surface area (Å²) >= 11 is 11.8. The maximum absolute atomic E-state index is 12.0. The van der Waals surface area contributed by atoms with E-state index in [2.05, 4.69) is 15.5 Å². The van der Waals surface area contributed by atoms with E-state index in [9.17, 15) is 4.79 Å². The Balaban J connectivity index is 2.20. The molecule has 20 heavy (non-hydrogen) atoms. The summed E-state index contributed by atoms with van der Waals surface area (Å²) in [5.41, 5.74) is 1.88. The molecule has 2 rings (SSSR count). The number of carbonyl (C=O) groups is 1. The van der Waals surface area contributed by atoms with Crippen LogP contribution in [0.5, 0.6) is 0 Å². The summed E-state index contributed by atoms with van der Waals surface area (Å²) in [6.07, 6.45) is 0.875. The molecule has 4 nitrogen and oxygen atoms in total. The van der Waals surface area contributed by atoms with Crippen molar-refractivity contribution >= 4 is 29.1 Å². The highest BCUT2D eigenvalue weighted by molar-refractivity contribution is 6.42. The van der Waals surface area contributed by atoms with Crippen molar-refractivity contribution in [3.05, 3.63) is 40.0 Å². The Bertz CT molecular complexity index is 625. The van der Waals surface area contributed by atoms with Crippen molar-refractivity contribution < 1.29 is 4.79 Å². The van der Waals surface area contributed by atoms with E-state index in [0.29, 0.717) is 21.4 Å². The van der Waals surface area contributed by atoms with Crippen LogP contribution >= 0.6 is 23.2 Å². The minimum absolute atomic E-state index is 0.124. The van der Waals surface area contributed by atoms with Crippen molar-refractivity contribution in [3.63, 3.8) is 0 Å². The van der Waals surface area contributed by atoms with E-state index < -0.39 is 0 Å². The Hall–Kier alpha value is -1.52. The monoisotopic (exact) mass is 311 g/mol. The summed E-state index contributed by atoms with van der Waals surface area (Å²) in [5.74, 6) is -0.168. The fraction of sp³-hybridized carbons (Fsp3) is 0.286. The van der Waals surface area contributed by atoms with Crippen LogP contribution in [0.2, 0.25) is 10.0 Å². The van der Waals surface area contributed by atoms with Crippen LogP contribution in [0, 0.1) is 0 Å². The van der Waals surface area contributed by atoms with E-state index in [4.69, 9.17) is 23.2 Å². The molecule has 1 amide bonds. The van der Waals surface area contributed by atoms with Gasteiger partial charge in [0.25, 0.3) is 5.91 Å². The minimum Gasteiger partial charge on any atom is -0.348 e. The highest BCUT2D eigenvalue weighted by Gasteiger charge is 2.13. The molecular weight excluding hydrogens is 297 g/mol. The summed E-state index contributed by atoms with van der Waals surface area (Å²) in [4.78, 5) is 12.0. The molecule has 0 aliphatic heterocycles.